The number of amides is 1. The molecule has 1 fully saturated rings. The van der Waals surface area contributed by atoms with Crippen molar-refractivity contribution in [3.8, 4) is 6.07 Å². The average molecular weight is 336 g/mol. The van der Waals surface area contributed by atoms with E-state index in [1.54, 1.807) is 13.8 Å². The van der Waals surface area contributed by atoms with Gasteiger partial charge in [0, 0.05) is 0 Å². The highest BCUT2D eigenvalue weighted by atomic mass is 32.2. The first-order valence-electron chi connectivity index (χ1n) is 7.56. The lowest BCUT2D eigenvalue weighted by molar-refractivity contribution is -0.133. The van der Waals surface area contributed by atoms with Gasteiger partial charge in [-0.15, -0.1) is 0 Å². The molecule has 1 aromatic carbocycles. The van der Waals surface area contributed by atoms with E-state index in [4.69, 9.17) is 10.00 Å². The Morgan fingerprint density at radius 1 is 1.39 bits per heavy atom. The molecule has 1 aliphatic carbocycles. The number of carbonyl (C=O) groups excluding carboxylic acids is 1. The minimum absolute atomic E-state index is 0.0158. The normalized spacial score (nSPS) is 16.7. The first-order chi connectivity index (χ1) is 10.8. The highest BCUT2D eigenvalue weighted by molar-refractivity contribution is 7.90. The molecular formula is C16H20N2O4S. The number of sulfonamides is 1. The van der Waals surface area contributed by atoms with Crippen molar-refractivity contribution < 1.29 is 17.9 Å². The van der Waals surface area contributed by atoms with Crippen molar-refractivity contribution in [2.75, 3.05) is 0 Å². The molecule has 1 N–H and O–H groups in total. The SMILES string of the molecule is Cc1ccc(C#N)cc1S(=O)(=O)NC(=O)[C@H](C)OC1CCCC1. The summed E-state index contributed by atoms with van der Waals surface area (Å²) >= 11 is 0. The van der Waals surface area contributed by atoms with Crippen LogP contribution in [0.25, 0.3) is 0 Å². The van der Waals surface area contributed by atoms with Crippen LogP contribution in [0, 0.1) is 18.3 Å². The summed E-state index contributed by atoms with van der Waals surface area (Å²) in [6.45, 7) is 3.15. The Morgan fingerprint density at radius 3 is 2.65 bits per heavy atom. The molecule has 0 aromatic heterocycles. The third kappa shape index (κ3) is 4.30. The molecule has 124 valence electrons. The van der Waals surface area contributed by atoms with E-state index in [1.165, 1.54) is 18.2 Å². The second kappa shape index (κ2) is 7.11. The fraction of sp³-hybridized carbons (Fsp3) is 0.500. The van der Waals surface area contributed by atoms with Gasteiger partial charge in [0.15, 0.2) is 0 Å². The summed E-state index contributed by atoms with van der Waals surface area (Å²) in [6, 6.07) is 6.21. The molecule has 0 spiro atoms. The van der Waals surface area contributed by atoms with Crippen molar-refractivity contribution in [1.82, 2.24) is 4.72 Å². The lowest BCUT2D eigenvalue weighted by Gasteiger charge is -2.18. The van der Waals surface area contributed by atoms with Crippen LogP contribution < -0.4 is 4.72 Å². The zero-order valence-corrected chi connectivity index (χ0v) is 14.0. The molecule has 6 nitrogen and oxygen atoms in total. The van der Waals surface area contributed by atoms with Crippen LogP contribution in [0.15, 0.2) is 23.1 Å². The Kier molecular flexibility index (Phi) is 5.39. The highest BCUT2D eigenvalue weighted by Gasteiger charge is 2.26. The number of aryl methyl sites for hydroxylation is 1. The molecule has 0 radical (unpaired) electrons. The van der Waals surface area contributed by atoms with Crippen LogP contribution in [-0.4, -0.2) is 26.5 Å². The Labute approximate surface area is 136 Å². The van der Waals surface area contributed by atoms with Crippen LogP contribution in [0.4, 0.5) is 0 Å². The number of rotatable bonds is 5. The summed E-state index contributed by atoms with van der Waals surface area (Å²) in [7, 11) is -4.03. The third-order valence-electron chi connectivity index (χ3n) is 3.91. The Balaban J connectivity index is 2.11. The summed E-state index contributed by atoms with van der Waals surface area (Å²) in [4.78, 5) is 12.0. The molecule has 1 amide bonds. The molecular weight excluding hydrogens is 316 g/mol. The van der Waals surface area contributed by atoms with Gasteiger partial charge >= 0.3 is 0 Å². The van der Waals surface area contributed by atoms with Crippen LogP contribution in [0.2, 0.25) is 0 Å². The van der Waals surface area contributed by atoms with E-state index in [-0.39, 0.29) is 16.6 Å². The zero-order chi connectivity index (χ0) is 17.0. The molecule has 23 heavy (non-hydrogen) atoms. The first-order valence-corrected chi connectivity index (χ1v) is 9.04. The molecule has 1 saturated carbocycles. The van der Waals surface area contributed by atoms with Gasteiger partial charge in [0.1, 0.15) is 6.10 Å². The largest absolute Gasteiger partial charge is 0.365 e. The minimum atomic E-state index is -4.03. The van der Waals surface area contributed by atoms with Crippen molar-refractivity contribution in [1.29, 1.82) is 5.26 Å². The molecule has 0 aliphatic heterocycles. The Bertz CT molecular complexity index is 731. The predicted octanol–water partition coefficient (Wildman–Crippen LogP) is 2.02. The predicted molar refractivity (Wildman–Crippen MR) is 84.0 cm³/mol. The van der Waals surface area contributed by atoms with E-state index >= 15 is 0 Å². The van der Waals surface area contributed by atoms with Gasteiger partial charge in [0.2, 0.25) is 0 Å². The summed E-state index contributed by atoms with van der Waals surface area (Å²) in [5, 5.41) is 8.90. The summed E-state index contributed by atoms with van der Waals surface area (Å²) < 4.78 is 32.4. The molecule has 7 heteroatoms. The van der Waals surface area contributed by atoms with E-state index in [9.17, 15) is 13.2 Å². The molecule has 1 aromatic rings. The molecule has 1 aliphatic rings. The number of nitriles is 1. The third-order valence-corrected chi connectivity index (χ3v) is 5.40. The van der Waals surface area contributed by atoms with Gasteiger partial charge < -0.3 is 4.74 Å². The van der Waals surface area contributed by atoms with Crippen LogP contribution in [-0.2, 0) is 19.6 Å². The zero-order valence-electron chi connectivity index (χ0n) is 13.2. The Morgan fingerprint density at radius 2 is 2.04 bits per heavy atom. The number of nitrogens with zero attached hydrogens (tertiary/aromatic N) is 1. The number of ether oxygens (including phenoxy) is 1. The maximum atomic E-state index is 12.4. The lowest BCUT2D eigenvalue weighted by Crippen LogP contribution is -2.40. The fourth-order valence-corrected chi connectivity index (χ4v) is 3.92. The van der Waals surface area contributed by atoms with Crippen molar-refractivity contribution in [3.05, 3.63) is 29.3 Å². The standard InChI is InChI=1S/C16H20N2O4S/c1-11-7-8-13(10-17)9-15(11)23(20,21)18-16(19)12(2)22-14-5-3-4-6-14/h7-9,12,14H,3-6H2,1-2H3,(H,18,19)/t12-/m0/s1. The van der Waals surface area contributed by atoms with Gasteiger partial charge in [-0.1, -0.05) is 18.9 Å². The van der Waals surface area contributed by atoms with E-state index in [2.05, 4.69) is 0 Å². The molecule has 0 saturated heterocycles. The van der Waals surface area contributed by atoms with Gasteiger partial charge in [-0.25, -0.2) is 13.1 Å². The number of benzene rings is 1. The van der Waals surface area contributed by atoms with Crippen molar-refractivity contribution in [2.24, 2.45) is 0 Å². The molecule has 0 heterocycles. The number of carbonyl (C=O) groups is 1. The lowest BCUT2D eigenvalue weighted by atomic mass is 10.2. The monoisotopic (exact) mass is 336 g/mol. The summed E-state index contributed by atoms with van der Waals surface area (Å²) in [5.74, 6) is -0.696. The highest BCUT2D eigenvalue weighted by Crippen LogP contribution is 2.22. The van der Waals surface area contributed by atoms with Crippen molar-refractivity contribution >= 4 is 15.9 Å². The van der Waals surface area contributed by atoms with Crippen LogP contribution in [0.3, 0.4) is 0 Å². The van der Waals surface area contributed by atoms with Crippen molar-refractivity contribution in [2.45, 2.75) is 56.6 Å². The van der Waals surface area contributed by atoms with Crippen molar-refractivity contribution in [3.63, 3.8) is 0 Å². The van der Waals surface area contributed by atoms with E-state index < -0.39 is 22.0 Å². The van der Waals surface area contributed by atoms with Gasteiger partial charge in [-0.05, 0) is 44.4 Å². The maximum absolute atomic E-state index is 12.4. The van der Waals surface area contributed by atoms with Crippen LogP contribution in [0.1, 0.15) is 43.7 Å². The number of hydrogen-bond donors (Lipinski definition) is 1. The van der Waals surface area contributed by atoms with Gasteiger partial charge in [-0.2, -0.15) is 5.26 Å². The first kappa shape index (κ1) is 17.4. The van der Waals surface area contributed by atoms with E-state index in [0.717, 1.165) is 25.7 Å². The fourth-order valence-electron chi connectivity index (χ4n) is 2.60. The average Bonchev–Trinajstić information content (AvgIpc) is 3.00. The number of nitrogens with one attached hydrogen (secondary N) is 1. The summed E-state index contributed by atoms with van der Waals surface area (Å²) in [5.41, 5.74) is 0.687. The quantitative estimate of drug-likeness (QED) is 0.887. The molecule has 1 atom stereocenters. The number of hydrogen-bond acceptors (Lipinski definition) is 5. The van der Waals surface area contributed by atoms with Crippen LogP contribution in [0.5, 0.6) is 0 Å². The molecule has 0 bridgehead atoms. The summed E-state index contributed by atoms with van der Waals surface area (Å²) in [6.07, 6.45) is 3.10. The van der Waals surface area contributed by atoms with Gasteiger partial charge in [-0.3, -0.25) is 4.79 Å². The van der Waals surface area contributed by atoms with Gasteiger partial charge in [0.25, 0.3) is 15.9 Å². The van der Waals surface area contributed by atoms with E-state index in [1.807, 2.05) is 10.8 Å². The maximum Gasteiger partial charge on any atom is 0.264 e. The van der Waals surface area contributed by atoms with E-state index in [0.29, 0.717) is 5.56 Å². The minimum Gasteiger partial charge on any atom is -0.365 e. The van der Waals surface area contributed by atoms with Crippen LogP contribution >= 0.6 is 0 Å². The second-order valence-electron chi connectivity index (χ2n) is 5.75. The smallest absolute Gasteiger partial charge is 0.264 e. The Hall–Kier alpha value is -1.91. The van der Waals surface area contributed by atoms with Gasteiger partial charge in [0.05, 0.1) is 22.6 Å². The topological polar surface area (TPSA) is 96.3 Å². The second-order valence-corrected chi connectivity index (χ2v) is 7.40. The molecule has 0 unspecified atom stereocenters. The molecule has 2 rings (SSSR count).